The lowest BCUT2D eigenvalue weighted by molar-refractivity contribution is 0.617. The average Bonchev–Trinajstić information content (AvgIpc) is 2.48. The molecule has 2 nitrogen and oxygen atoms in total. The van der Waals surface area contributed by atoms with Crippen LogP contribution in [0.15, 0.2) is 60.8 Å². The molecule has 1 heterocycles. The smallest absolute Gasteiger partial charge is 0.123 e. The van der Waals surface area contributed by atoms with Crippen molar-refractivity contribution in [2.45, 2.75) is 6.04 Å². The lowest BCUT2D eigenvalue weighted by atomic mass is 9.97. The van der Waals surface area contributed by atoms with Crippen LogP contribution in [-0.4, -0.2) is 12.0 Å². The van der Waals surface area contributed by atoms with Crippen LogP contribution in [0.2, 0.25) is 0 Å². The number of fused-ring (bicyclic) bond motifs is 1. The van der Waals surface area contributed by atoms with E-state index in [-0.39, 0.29) is 11.9 Å². The van der Waals surface area contributed by atoms with Gasteiger partial charge in [0.2, 0.25) is 0 Å². The number of nitrogens with one attached hydrogen (secondary N) is 1. The van der Waals surface area contributed by atoms with Crippen molar-refractivity contribution in [3.05, 3.63) is 77.7 Å². The maximum Gasteiger partial charge on any atom is 0.123 e. The Balaban J connectivity index is 2.07. The first-order chi connectivity index (χ1) is 9.78. The Morgan fingerprint density at radius 2 is 1.85 bits per heavy atom. The van der Waals surface area contributed by atoms with Gasteiger partial charge in [-0.3, -0.25) is 4.98 Å². The van der Waals surface area contributed by atoms with Crippen LogP contribution in [0.25, 0.3) is 10.9 Å². The summed E-state index contributed by atoms with van der Waals surface area (Å²) in [5.41, 5.74) is 2.97. The summed E-state index contributed by atoms with van der Waals surface area (Å²) in [5, 5.41) is 4.32. The Morgan fingerprint density at radius 1 is 1.00 bits per heavy atom. The van der Waals surface area contributed by atoms with E-state index in [0.717, 1.165) is 22.0 Å². The molecule has 1 N–H and O–H groups in total. The highest BCUT2D eigenvalue weighted by molar-refractivity contribution is 5.79. The first-order valence-electron chi connectivity index (χ1n) is 6.55. The quantitative estimate of drug-likeness (QED) is 0.782. The highest BCUT2D eigenvalue weighted by atomic mass is 19.1. The Labute approximate surface area is 117 Å². The van der Waals surface area contributed by atoms with Crippen molar-refractivity contribution in [2.24, 2.45) is 0 Å². The topological polar surface area (TPSA) is 24.9 Å². The molecule has 0 aliphatic rings. The minimum absolute atomic E-state index is 0.0321. The van der Waals surface area contributed by atoms with Crippen LogP contribution >= 0.6 is 0 Å². The third kappa shape index (κ3) is 2.40. The summed E-state index contributed by atoms with van der Waals surface area (Å²) < 4.78 is 13.4. The van der Waals surface area contributed by atoms with E-state index in [0.29, 0.717) is 0 Å². The monoisotopic (exact) mass is 266 g/mol. The van der Waals surface area contributed by atoms with Gasteiger partial charge in [-0.2, -0.15) is 0 Å². The van der Waals surface area contributed by atoms with Gasteiger partial charge in [0.1, 0.15) is 5.82 Å². The minimum atomic E-state index is -0.217. The summed E-state index contributed by atoms with van der Waals surface area (Å²) in [6.45, 7) is 0. The molecule has 1 atom stereocenters. The summed E-state index contributed by atoms with van der Waals surface area (Å²) in [6.07, 6.45) is 1.78. The maximum atomic E-state index is 13.4. The van der Waals surface area contributed by atoms with Gasteiger partial charge in [0, 0.05) is 11.6 Å². The molecule has 100 valence electrons. The van der Waals surface area contributed by atoms with Crippen LogP contribution in [0.4, 0.5) is 4.39 Å². The summed E-state index contributed by atoms with van der Waals surface area (Å²) >= 11 is 0. The summed E-state index contributed by atoms with van der Waals surface area (Å²) in [4.78, 5) is 4.31. The number of nitrogens with zero attached hydrogens (tertiary/aromatic N) is 1. The molecule has 3 aromatic rings. The molecule has 0 amide bonds. The second kappa shape index (κ2) is 5.39. The van der Waals surface area contributed by atoms with Gasteiger partial charge >= 0.3 is 0 Å². The number of aromatic nitrogens is 1. The molecule has 0 aliphatic carbocycles. The zero-order chi connectivity index (χ0) is 13.9. The van der Waals surface area contributed by atoms with E-state index >= 15 is 0 Å². The van der Waals surface area contributed by atoms with Gasteiger partial charge in [0.15, 0.2) is 0 Å². The zero-order valence-electron chi connectivity index (χ0n) is 11.2. The molecular weight excluding hydrogens is 251 g/mol. The number of pyridine rings is 1. The fraction of sp³-hybridized carbons (Fsp3) is 0.118. The van der Waals surface area contributed by atoms with Crippen LogP contribution in [0, 0.1) is 5.82 Å². The Bertz CT molecular complexity index is 740. The van der Waals surface area contributed by atoms with Gasteiger partial charge in [-0.05, 0) is 48.5 Å². The molecule has 0 spiro atoms. The molecule has 0 fully saturated rings. The lowest BCUT2D eigenvalue weighted by Crippen LogP contribution is -2.17. The Hall–Kier alpha value is -2.26. The third-order valence-electron chi connectivity index (χ3n) is 3.43. The molecule has 0 saturated heterocycles. The summed E-state index contributed by atoms with van der Waals surface area (Å²) in [6, 6.07) is 16.7. The molecule has 0 radical (unpaired) electrons. The van der Waals surface area contributed by atoms with E-state index in [2.05, 4.69) is 16.4 Å². The van der Waals surface area contributed by atoms with Crippen molar-refractivity contribution in [3.63, 3.8) is 0 Å². The lowest BCUT2D eigenvalue weighted by Gasteiger charge is -2.17. The molecule has 3 rings (SSSR count). The SMILES string of the molecule is CNC(c1cccc(F)c1)c1ccc2ncccc2c1. The van der Waals surface area contributed by atoms with Crippen LogP contribution in [-0.2, 0) is 0 Å². The zero-order valence-corrected chi connectivity index (χ0v) is 11.2. The van der Waals surface area contributed by atoms with Crippen molar-refractivity contribution in [1.29, 1.82) is 0 Å². The van der Waals surface area contributed by atoms with Crippen LogP contribution in [0.1, 0.15) is 17.2 Å². The Kier molecular flexibility index (Phi) is 3.44. The third-order valence-corrected chi connectivity index (χ3v) is 3.43. The normalized spacial score (nSPS) is 12.5. The number of hydrogen-bond donors (Lipinski definition) is 1. The summed E-state index contributed by atoms with van der Waals surface area (Å²) in [5.74, 6) is -0.217. The van der Waals surface area contributed by atoms with Crippen LogP contribution < -0.4 is 5.32 Å². The van der Waals surface area contributed by atoms with E-state index < -0.39 is 0 Å². The number of hydrogen-bond acceptors (Lipinski definition) is 2. The second-order valence-electron chi connectivity index (χ2n) is 4.73. The first-order valence-corrected chi connectivity index (χ1v) is 6.55. The highest BCUT2D eigenvalue weighted by Crippen LogP contribution is 2.25. The predicted molar refractivity (Wildman–Crippen MR) is 79.0 cm³/mol. The van der Waals surface area contributed by atoms with Gasteiger partial charge in [0.05, 0.1) is 11.6 Å². The molecule has 0 aliphatic heterocycles. The second-order valence-corrected chi connectivity index (χ2v) is 4.73. The van der Waals surface area contributed by atoms with Gasteiger partial charge in [-0.15, -0.1) is 0 Å². The van der Waals surface area contributed by atoms with Gasteiger partial charge in [-0.25, -0.2) is 4.39 Å². The van der Waals surface area contributed by atoms with Crippen molar-refractivity contribution in [3.8, 4) is 0 Å². The Morgan fingerprint density at radius 3 is 2.65 bits per heavy atom. The number of benzene rings is 2. The van der Waals surface area contributed by atoms with Gasteiger partial charge < -0.3 is 5.32 Å². The van der Waals surface area contributed by atoms with Crippen LogP contribution in [0.3, 0.4) is 0 Å². The van der Waals surface area contributed by atoms with Crippen molar-refractivity contribution in [1.82, 2.24) is 10.3 Å². The van der Waals surface area contributed by atoms with Crippen molar-refractivity contribution in [2.75, 3.05) is 7.05 Å². The molecular formula is C17H15FN2. The van der Waals surface area contributed by atoms with Gasteiger partial charge in [-0.1, -0.05) is 24.3 Å². The molecule has 2 aromatic carbocycles. The van der Waals surface area contributed by atoms with E-state index in [9.17, 15) is 4.39 Å². The maximum absolute atomic E-state index is 13.4. The number of halogens is 1. The van der Waals surface area contributed by atoms with E-state index in [1.54, 1.807) is 18.3 Å². The highest BCUT2D eigenvalue weighted by Gasteiger charge is 2.13. The van der Waals surface area contributed by atoms with Crippen molar-refractivity contribution < 1.29 is 4.39 Å². The van der Waals surface area contributed by atoms with Crippen LogP contribution in [0.5, 0.6) is 0 Å². The van der Waals surface area contributed by atoms with Crippen molar-refractivity contribution >= 4 is 10.9 Å². The summed E-state index contributed by atoms with van der Waals surface area (Å²) in [7, 11) is 1.88. The van der Waals surface area contributed by atoms with E-state index in [1.807, 2.05) is 37.4 Å². The molecule has 1 aromatic heterocycles. The average molecular weight is 266 g/mol. The minimum Gasteiger partial charge on any atom is -0.309 e. The molecule has 3 heteroatoms. The molecule has 1 unspecified atom stereocenters. The molecule has 0 bridgehead atoms. The van der Waals surface area contributed by atoms with E-state index in [4.69, 9.17) is 0 Å². The van der Waals surface area contributed by atoms with Gasteiger partial charge in [0.25, 0.3) is 0 Å². The fourth-order valence-corrected chi connectivity index (χ4v) is 2.49. The van der Waals surface area contributed by atoms with E-state index in [1.165, 1.54) is 6.07 Å². The largest absolute Gasteiger partial charge is 0.309 e. The fourth-order valence-electron chi connectivity index (χ4n) is 2.49. The number of rotatable bonds is 3. The first kappa shape index (κ1) is 12.8. The molecule has 0 saturated carbocycles. The molecule has 20 heavy (non-hydrogen) atoms. The standard InChI is InChI=1S/C17H15FN2/c1-19-17(13-4-2-6-15(18)11-13)14-7-8-16-12(10-14)5-3-9-20-16/h2-11,17,19H,1H3. The predicted octanol–water partition coefficient (Wildman–Crippen LogP) is 3.68.